The quantitative estimate of drug-likeness (QED) is 0.720. The van der Waals surface area contributed by atoms with Crippen LogP contribution in [0.5, 0.6) is 5.88 Å². The van der Waals surface area contributed by atoms with Crippen LogP contribution < -0.4 is 15.6 Å². The topological polar surface area (TPSA) is 86.1 Å². The maximum absolute atomic E-state index is 12.9. The molecule has 1 N–H and O–H groups in total. The van der Waals surface area contributed by atoms with E-state index in [1.54, 1.807) is 16.3 Å². The molecule has 164 valence electrons. The van der Waals surface area contributed by atoms with Gasteiger partial charge in [-0.15, -0.1) is 0 Å². The molecule has 2 aliphatic carbocycles. The summed E-state index contributed by atoms with van der Waals surface area (Å²) in [6.07, 6.45) is 8.61. The van der Waals surface area contributed by atoms with Crippen LogP contribution in [-0.2, 0) is 17.6 Å². The van der Waals surface area contributed by atoms with E-state index in [2.05, 4.69) is 10.3 Å². The Morgan fingerprint density at radius 2 is 2.10 bits per heavy atom. The Balaban J connectivity index is 1.13. The number of rotatable bonds is 5. The maximum Gasteiger partial charge on any atom is 0.257 e. The molecule has 7 nitrogen and oxygen atoms in total. The van der Waals surface area contributed by atoms with Crippen molar-refractivity contribution in [2.75, 3.05) is 5.75 Å². The van der Waals surface area contributed by atoms with Gasteiger partial charge in [-0.25, -0.2) is 9.97 Å². The number of aromatic nitrogens is 3. The van der Waals surface area contributed by atoms with Gasteiger partial charge in [0.25, 0.3) is 5.56 Å². The Morgan fingerprint density at radius 3 is 2.87 bits per heavy atom. The van der Waals surface area contributed by atoms with E-state index in [4.69, 9.17) is 9.72 Å². The summed E-state index contributed by atoms with van der Waals surface area (Å²) in [5.41, 5.74) is 3.01. The molecule has 1 atom stereocenters. The summed E-state index contributed by atoms with van der Waals surface area (Å²) in [4.78, 5) is 34.6. The minimum atomic E-state index is -0.0989. The largest absolute Gasteiger partial charge is 0.474 e. The van der Waals surface area contributed by atoms with Crippen molar-refractivity contribution < 1.29 is 9.53 Å². The van der Waals surface area contributed by atoms with Crippen molar-refractivity contribution in [1.82, 2.24) is 19.9 Å². The van der Waals surface area contributed by atoms with Crippen molar-refractivity contribution >= 4 is 17.7 Å². The van der Waals surface area contributed by atoms with Gasteiger partial charge in [-0.1, -0.05) is 17.8 Å². The average molecular weight is 441 g/mol. The lowest BCUT2D eigenvalue weighted by atomic mass is 9.92. The van der Waals surface area contributed by atoms with E-state index in [9.17, 15) is 9.59 Å². The van der Waals surface area contributed by atoms with Crippen molar-refractivity contribution in [2.24, 2.45) is 0 Å². The second-order valence-corrected chi connectivity index (χ2v) is 9.84. The van der Waals surface area contributed by atoms with Gasteiger partial charge in [0.05, 0.1) is 11.7 Å². The van der Waals surface area contributed by atoms with Gasteiger partial charge < -0.3 is 10.1 Å². The van der Waals surface area contributed by atoms with Crippen LogP contribution in [0.25, 0.3) is 0 Å². The van der Waals surface area contributed by atoms with Crippen molar-refractivity contribution in [2.45, 2.75) is 81.6 Å². The number of hydrogen-bond acceptors (Lipinski definition) is 6. The van der Waals surface area contributed by atoms with Gasteiger partial charge in [0.15, 0.2) is 5.16 Å². The Labute approximate surface area is 186 Å². The predicted molar refractivity (Wildman–Crippen MR) is 119 cm³/mol. The zero-order chi connectivity index (χ0) is 21.4. The first-order valence-electron chi connectivity index (χ1n) is 11.2. The molecule has 0 bridgehead atoms. The van der Waals surface area contributed by atoms with Gasteiger partial charge in [0, 0.05) is 36.0 Å². The van der Waals surface area contributed by atoms with Crippen molar-refractivity contribution in [3.63, 3.8) is 0 Å². The molecule has 1 unspecified atom stereocenters. The molecule has 31 heavy (non-hydrogen) atoms. The van der Waals surface area contributed by atoms with E-state index in [0.717, 1.165) is 72.7 Å². The summed E-state index contributed by atoms with van der Waals surface area (Å²) >= 11 is 1.60. The fourth-order valence-corrected chi connectivity index (χ4v) is 5.98. The second kappa shape index (κ2) is 8.65. The van der Waals surface area contributed by atoms with Crippen LogP contribution in [0.2, 0.25) is 0 Å². The molecule has 5 rings (SSSR count). The van der Waals surface area contributed by atoms with E-state index in [0.29, 0.717) is 12.3 Å². The first kappa shape index (κ1) is 20.5. The average Bonchev–Trinajstić information content (AvgIpc) is 3.39. The van der Waals surface area contributed by atoms with E-state index in [1.165, 1.54) is 0 Å². The fraction of sp³-hybridized carbons (Fsp3) is 0.565. The highest BCUT2D eigenvalue weighted by Gasteiger charge is 2.32. The minimum Gasteiger partial charge on any atom is -0.474 e. The molecule has 0 spiro atoms. The first-order valence-corrected chi connectivity index (χ1v) is 12.2. The minimum absolute atomic E-state index is 0.0235. The molecule has 1 fully saturated rings. The van der Waals surface area contributed by atoms with Crippen LogP contribution in [0.3, 0.4) is 0 Å². The predicted octanol–water partition coefficient (Wildman–Crippen LogP) is 2.98. The summed E-state index contributed by atoms with van der Waals surface area (Å²) < 4.78 is 7.76. The fourth-order valence-electron chi connectivity index (χ4n) is 4.82. The van der Waals surface area contributed by atoms with E-state index in [1.807, 2.05) is 25.3 Å². The lowest BCUT2D eigenvalue weighted by Crippen LogP contribution is -2.41. The third-order valence-corrected chi connectivity index (χ3v) is 7.60. The number of aryl methyl sites for hydroxylation is 2. The van der Waals surface area contributed by atoms with E-state index < -0.39 is 0 Å². The molecule has 0 aromatic carbocycles. The zero-order valence-corrected chi connectivity index (χ0v) is 18.6. The van der Waals surface area contributed by atoms with Crippen molar-refractivity contribution in [3.05, 3.63) is 45.5 Å². The number of carbonyl (C=O) groups excluding carboxylic acids is 1. The summed E-state index contributed by atoms with van der Waals surface area (Å²) in [6, 6.07) is 3.98. The third-order valence-electron chi connectivity index (χ3n) is 6.50. The standard InChI is InChI=1S/C23H28N4O3S/c1-14-5-10-21(24-12-14)30-17-8-6-15(7-9-17)25-20(28)11-16-13-31-23-26-19-4-2-3-18(19)22(29)27(16)23/h5,10,12,15-17H,2-4,6-9,11,13H2,1H3,(H,25,28). The molecule has 2 aromatic heterocycles. The highest BCUT2D eigenvalue weighted by atomic mass is 32.2. The van der Waals surface area contributed by atoms with Crippen LogP contribution in [0.15, 0.2) is 28.3 Å². The third kappa shape index (κ3) is 4.35. The second-order valence-electron chi connectivity index (χ2n) is 8.85. The number of nitrogens with zero attached hydrogens (tertiary/aromatic N) is 3. The summed E-state index contributed by atoms with van der Waals surface area (Å²) in [5, 5.41) is 3.97. The molecule has 2 aromatic rings. The number of fused-ring (bicyclic) bond motifs is 2. The van der Waals surface area contributed by atoms with Gasteiger partial charge in [0.1, 0.15) is 6.10 Å². The lowest BCUT2D eigenvalue weighted by molar-refractivity contribution is -0.122. The summed E-state index contributed by atoms with van der Waals surface area (Å²) in [7, 11) is 0. The number of nitrogens with one attached hydrogen (secondary N) is 1. The van der Waals surface area contributed by atoms with Crippen LogP contribution in [0.4, 0.5) is 0 Å². The number of pyridine rings is 1. The molecule has 1 amide bonds. The Bertz CT molecular complexity index is 1030. The number of ether oxygens (including phenoxy) is 1. The van der Waals surface area contributed by atoms with E-state index >= 15 is 0 Å². The van der Waals surface area contributed by atoms with Gasteiger partial charge in [-0.05, 0) is 57.4 Å². The molecule has 0 radical (unpaired) electrons. The highest BCUT2D eigenvalue weighted by molar-refractivity contribution is 7.99. The number of hydrogen-bond donors (Lipinski definition) is 1. The van der Waals surface area contributed by atoms with Gasteiger partial charge in [-0.2, -0.15) is 0 Å². The maximum atomic E-state index is 12.9. The van der Waals surface area contributed by atoms with Gasteiger partial charge >= 0.3 is 0 Å². The number of thioether (sulfide) groups is 1. The van der Waals surface area contributed by atoms with Gasteiger partial charge in [-0.3, -0.25) is 14.2 Å². The van der Waals surface area contributed by atoms with Crippen LogP contribution in [0, 0.1) is 6.92 Å². The van der Waals surface area contributed by atoms with Gasteiger partial charge in [0.2, 0.25) is 11.8 Å². The van der Waals surface area contributed by atoms with Crippen LogP contribution >= 0.6 is 11.8 Å². The number of carbonyl (C=O) groups is 1. The molecular weight excluding hydrogens is 412 g/mol. The monoisotopic (exact) mass is 440 g/mol. The molecule has 1 aliphatic heterocycles. The summed E-state index contributed by atoms with van der Waals surface area (Å²) in [6.45, 7) is 2.01. The molecule has 3 aliphatic rings. The smallest absolute Gasteiger partial charge is 0.257 e. The summed E-state index contributed by atoms with van der Waals surface area (Å²) in [5.74, 6) is 1.43. The Hall–Kier alpha value is -2.35. The van der Waals surface area contributed by atoms with Crippen molar-refractivity contribution in [3.8, 4) is 5.88 Å². The zero-order valence-electron chi connectivity index (χ0n) is 17.8. The highest BCUT2D eigenvalue weighted by Crippen LogP contribution is 2.34. The number of amides is 1. The normalized spacial score (nSPS) is 24.5. The van der Waals surface area contributed by atoms with E-state index in [-0.39, 0.29) is 29.7 Å². The van der Waals surface area contributed by atoms with Crippen LogP contribution in [0.1, 0.15) is 61.4 Å². The molecule has 3 heterocycles. The molecule has 8 heteroatoms. The Morgan fingerprint density at radius 1 is 1.26 bits per heavy atom. The lowest BCUT2D eigenvalue weighted by Gasteiger charge is -2.29. The molecular formula is C23H28N4O3S. The van der Waals surface area contributed by atoms with Crippen molar-refractivity contribution in [1.29, 1.82) is 0 Å². The SMILES string of the molecule is Cc1ccc(OC2CCC(NC(=O)CC3CSc4nc5c(c(=O)n43)CCC5)CC2)nc1. The Kier molecular flexibility index (Phi) is 5.73. The van der Waals surface area contributed by atoms with Crippen LogP contribution in [-0.4, -0.2) is 38.3 Å². The molecule has 1 saturated carbocycles. The molecule has 0 saturated heterocycles. The first-order chi connectivity index (χ1) is 15.1.